The van der Waals surface area contributed by atoms with Gasteiger partial charge in [-0.25, -0.2) is 9.97 Å². The molecule has 2 N–H and O–H groups in total. The summed E-state index contributed by atoms with van der Waals surface area (Å²) in [4.78, 5) is 19.3. The van der Waals surface area contributed by atoms with E-state index in [0.29, 0.717) is 10.7 Å². The molecule has 0 amide bonds. The molecule has 8 heteroatoms. The number of aromatic amines is 1. The third-order valence-corrected chi connectivity index (χ3v) is 2.95. The van der Waals surface area contributed by atoms with Crippen LogP contribution in [0.3, 0.4) is 0 Å². The summed E-state index contributed by atoms with van der Waals surface area (Å²) in [5, 5.41) is 12.2. The maximum atomic E-state index is 11.3. The number of nitrogens with zero attached hydrogens (tertiary/aromatic N) is 3. The van der Waals surface area contributed by atoms with Crippen LogP contribution in [0, 0.1) is 11.3 Å². The van der Waals surface area contributed by atoms with Crippen molar-refractivity contribution >= 4 is 40.2 Å². The van der Waals surface area contributed by atoms with Gasteiger partial charge >= 0.3 is 0 Å². The van der Waals surface area contributed by atoms with Crippen LogP contribution in [-0.4, -0.2) is 14.3 Å². The molecular formula is C10H6ClN5OS. The Kier molecular flexibility index (Phi) is 3.41. The molecule has 0 fully saturated rings. The molecule has 2 heterocycles. The molecule has 6 nitrogen and oxygen atoms in total. The van der Waals surface area contributed by atoms with Crippen molar-refractivity contribution in [3.8, 4) is 6.07 Å². The summed E-state index contributed by atoms with van der Waals surface area (Å²) in [5.74, 6) is 0.198. The molecule has 0 aliphatic carbocycles. The minimum Gasteiger partial charge on any atom is -0.313 e. The molecule has 0 atom stereocenters. The van der Waals surface area contributed by atoms with E-state index in [4.69, 9.17) is 16.9 Å². The lowest BCUT2D eigenvalue weighted by Gasteiger charge is -2.03. The number of H-pyrrole nitrogens is 1. The Hall–Kier alpha value is -2.17. The molecule has 90 valence electrons. The Labute approximate surface area is 111 Å². The fraction of sp³-hybridized carbons (Fsp3) is 0. The van der Waals surface area contributed by atoms with Crippen LogP contribution >= 0.6 is 23.1 Å². The topological polar surface area (TPSA) is 94.5 Å². The van der Waals surface area contributed by atoms with Crippen LogP contribution in [0.15, 0.2) is 17.4 Å². The number of nitriles is 1. The average molecular weight is 280 g/mol. The van der Waals surface area contributed by atoms with Crippen LogP contribution < -0.4 is 10.9 Å². The van der Waals surface area contributed by atoms with Gasteiger partial charge in [-0.2, -0.15) is 5.26 Å². The molecule has 0 bridgehead atoms. The van der Waals surface area contributed by atoms with E-state index in [1.54, 1.807) is 12.1 Å². The van der Waals surface area contributed by atoms with Gasteiger partial charge in [0.1, 0.15) is 16.2 Å². The van der Waals surface area contributed by atoms with Gasteiger partial charge in [-0.05, 0) is 17.6 Å². The predicted octanol–water partition coefficient (Wildman–Crippen LogP) is 2.14. The zero-order valence-corrected chi connectivity index (χ0v) is 10.5. The molecule has 0 spiro atoms. The van der Waals surface area contributed by atoms with Gasteiger partial charge in [-0.3, -0.25) is 9.17 Å². The lowest BCUT2D eigenvalue weighted by molar-refractivity contribution is 1.15. The molecule has 2 rings (SSSR count). The zero-order chi connectivity index (χ0) is 13.1. The van der Waals surface area contributed by atoms with Crippen molar-refractivity contribution in [1.29, 1.82) is 5.26 Å². The largest absolute Gasteiger partial charge is 0.313 e. The molecule has 0 aliphatic rings. The maximum absolute atomic E-state index is 11.3. The van der Waals surface area contributed by atoms with Gasteiger partial charge in [0, 0.05) is 6.07 Å². The Morgan fingerprint density at radius 1 is 1.61 bits per heavy atom. The van der Waals surface area contributed by atoms with E-state index in [-0.39, 0.29) is 16.7 Å². The molecule has 2 aromatic rings. The minimum atomic E-state index is -0.448. The number of nitrogens with one attached hydrogen (secondary N) is 2. The van der Waals surface area contributed by atoms with Gasteiger partial charge in [0.05, 0.1) is 5.69 Å². The first-order valence-corrected chi connectivity index (χ1v) is 5.89. The van der Waals surface area contributed by atoms with Crippen LogP contribution in [0.1, 0.15) is 11.3 Å². The number of aromatic nitrogens is 3. The van der Waals surface area contributed by atoms with Gasteiger partial charge in [0.15, 0.2) is 5.56 Å². The normalized spacial score (nSPS) is 9.78. The van der Waals surface area contributed by atoms with E-state index in [0.717, 1.165) is 11.5 Å². The fourth-order valence-corrected chi connectivity index (χ4v) is 2.06. The minimum absolute atomic E-state index is 0.0104. The number of hydrogen-bond donors (Lipinski definition) is 2. The van der Waals surface area contributed by atoms with Crippen molar-refractivity contribution in [3.05, 3.63) is 39.4 Å². The Balaban J connectivity index is 2.40. The first-order valence-electron chi connectivity index (χ1n) is 4.69. The molecule has 0 aromatic carbocycles. The molecule has 0 aliphatic heterocycles. The smallest absolute Gasteiger partial charge is 0.278 e. The highest BCUT2D eigenvalue weighted by Crippen LogP contribution is 2.21. The lowest BCUT2D eigenvalue weighted by atomic mass is 10.4. The van der Waals surface area contributed by atoms with Crippen LogP contribution in [0.5, 0.6) is 0 Å². The molecule has 0 radical (unpaired) electrons. The van der Waals surface area contributed by atoms with E-state index in [1.165, 1.54) is 6.08 Å². The average Bonchev–Trinajstić information content (AvgIpc) is 2.69. The summed E-state index contributed by atoms with van der Waals surface area (Å²) in [6.07, 6.45) is 1.52. The summed E-state index contributed by atoms with van der Waals surface area (Å²) >= 11 is 6.80. The number of anilines is 2. The quantitative estimate of drug-likeness (QED) is 0.839. The summed E-state index contributed by atoms with van der Waals surface area (Å²) in [6.45, 7) is 3.58. The van der Waals surface area contributed by atoms with Gasteiger partial charge in [-0.1, -0.05) is 18.2 Å². The second-order valence-electron chi connectivity index (χ2n) is 3.12. The molecule has 2 aromatic heterocycles. The van der Waals surface area contributed by atoms with E-state index in [2.05, 4.69) is 26.2 Å². The van der Waals surface area contributed by atoms with Crippen LogP contribution in [-0.2, 0) is 0 Å². The van der Waals surface area contributed by atoms with E-state index in [9.17, 15) is 4.79 Å². The monoisotopic (exact) mass is 279 g/mol. The highest BCUT2D eigenvalue weighted by Gasteiger charge is 2.11. The summed E-state index contributed by atoms with van der Waals surface area (Å²) in [7, 11) is 0. The van der Waals surface area contributed by atoms with E-state index < -0.39 is 5.56 Å². The van der Waals surface area contributed by atoms with Crippen LogP contribution in [0.4, 0.5) is 10.9 Å². The van der Waals surface area contributed by atoms with Gasteiger partial charge in [0.2, 0.25) is 5.95 Å². The third-order valence-electron chi connectivity index (χ3n) is 1.96. The lowest BCUT2D eigenvalue weighted by Crippen LogP contribution is -2.04. The highest BCUT2D eigenvalue weighted by molar-refractivity contribution is 7.10. The van der Waals surface area contributed by atoms with Gasteiger partial charge in [0.25, 0.3) is 5.56 Å². The second kappa shape index (κ2) is 5.00. The van der Waals surface area contributed by atoms with Crippen molar-refractivity contribution in [2.24, 2.45) is 0 Å². The van der Waals surface area contributed by atoms with E-state index >= 15 is 0 Å². The second-order valence-corrected chi connectivity index (χ2v) is 4.32. The molecule has 0 unspecified atom stereocenters. The summed E-state index contributed by atoms with van der Waals surface area (Å²) < 4.78 is 2.44. The molecule has 0 saturated heterocycles. The number of halogens is 1. The van der Waals surface area contributed by atoms with E-state index in [1.807, 2.05) is 0 Å². The predicted molar refractivity (Wildman–Crippen MR) is 70.1 cm³/mol. The van der Waals surface area contributed by atoms with Gasteiger partial charge < -0.3 is 5.32 Å². The Morgan fingerprint density at radius 2 is 2.39 bits per heavy atom. The first kappa shape index (κ1) is 12.3. The number of rotatable bonds is 3. The van der Waals surface area contributed by atoms with Crippen molar-refractivity contribution in [2.75, 3.05) is 5.32 Å². The van der Waals surface area contributed by atoms with Crippen molar-refractivity contribution in [3.63, 3.8) is 0 Å². The van der Waals surface area contributed by atoms with Crippen molar-refractivity contribution in [1.82, 2.24) is 14.3 Å². The number of hydrogen-bond acceptors (Lipinski definition) is 6. The highest BCUT2D eigenvalue weighted by atomic mass is 35.5. The first-order chi connectivity index (χ1) is 8.63. The molecular weight excluding hydrogens is 274 g/mol. The maximum Gasteiger partial charge on any atom is 0.278 e. The van der Waals surface area contributed by atoms with Crippen molar-refractivity contribution in [2.45, 2.75) is 0 Å². The zero-order valence-electron chi connectivity index (χ0n) is 8.90. The fourth-order valence-electron chi connectivity index (χ4n) is 1.19. The van der Waals surface area contributed by atoms with Gasteiger partial charge in [-0.15, -0.1) is 0 Å². The summed E-state index contributed by atoms with van der Waals surface area (Å²) in [6, 6.07) is 3.35. The third kappa shape index (κ3) is 2.40. The standard InChI is InChI=1S/C10H6ClN5OS/c1-2-5-3-7(11)14-10(13-5)15-9-6(4-12)8(17)16-18-9/h2-3H,1H2,(H,16,17)(H,13,14,15). The SMILES string of the molecule is C=Cc1cc(Cl)nc(Nc2s[nH]c(=O)c2C#N)n1. The van der Waals surface area contributed by atoms with Crippen LogP contribution in [0.2, 0.25) is 5.15 Å². The Bertz CT molecular complexity index is 699. The molecule has 18 heavy (non-hydrogen) atoms. The van der Waals surface area contributed by atoms with Crippen molar-refractivity contribution < 1.29 is 0 Å². The molecule has 0 saturated carbocycles. The Morgan fingerprint density at radius 3 is 3.06 bits per heavy atom. The van der Waals surface area contributed by atoms with Crippen LogP contribution in [0.25, 0.3) is 6.08 Å². The summed E-state index contributed by atoms with van der Waals surface area (Å²) in [5.41, 5.74) is 0.0820.